The molecule has 0 saturated heterocycles. The van der Waals surface area contributed by atoms with Crippen molar-refractivity contribution in [3.63, 3.8) is 0 Å². The molecule has 120 valence electrons. The van der Waals surface area contributed by atoms with Gasteiger partial charge in [0.25, 0.3) is 0 Å². The number of hydrogen-bond acceptors (Lipinski definition) is 2. The first-order valence-electron chi connectivity index (χ1n) is 7.62. The number of likely N-dealkylation sites (N-methyl/N-ethyl adjacent to an activating group) is 1. The molecule has 1 aliphatic carbocycles. The molecule has 1 N–H and O–H groups in total. The predicted octanol–water partition coefficient (Wildman–Crippen LogP) is 3.93. The van der Waals surface area contributed by atoms with E-state index in [1.54, 1.807) is 0 Å². The van der Waals surface area contributed by atoms with Gasteiger partial charge in [-0.15, -0.1) is 0 Å². The van der Waals surface area contributed by atoms with Crippen LogP contribution in [0, 0.1) is 0 Å². The summed E-state index contributed by atoms with van der Waals surface area (Å²) in [5, 5.41) is 3.55. The van der Waals surface area contributed by atoms with Crippen molar-refractivity contribution in [3.05, 3.63) is 72.2 Å². The van der Waals surface area contributed by atoms with E-state index in [0.717, 1.165) is 25.1 Å². The van der Waals surface area contributed by atoms with Gasteiger partial charge < -0.3 is 10.2 Å². The predicted molar refractivity (Wildman–Crippen MR) is 94.5 cm³/mol. The largest absolute Gasteiger partial charge is 0.308 e. The van der Waals surface area contributed by atoms with Crippen molar-refractivity contribution in [2.24, 2.45) is 0 Å². The molecule has 0 aromatic heterocycles. The Balaban J connectivity index is 2.81. The topological polar surface area (TPSA) is 15.3 Å². The van der Waals surface area contributed by atoms with Crippen LogP contribution in [-0.2, 0) is 0 Å². The van der Waals surface area contributed by atoms with Crippen LogP contribution in [0.25, 0.3) is 0 Å². The Morgan fingerprint density at radius 3 is 2.86 bits per heavy atom. The van der Waals surface area contributed by atoms with Crippen LogP contribution in [-0.4, -0.2) is 38.1 Å². The summed E-state index contributed by atoms with van der Waals surface area (Å²) in [6, 6.07) is 0.177. The van der Waals surface area contributed by atoms with Gasteiger partial charge in [-0.25, -0.2) is 4.39 Å². The van der Waals surface area contributed by atoms with E-state index in [4.69, 9.17) is 0 Å². The lowest BCUT2D eigenvalue weighted by molar-refractivity contribution is 0.362. The van der Waals surface area contributed by atoms with Crippen molar-refractivity contribution in [2.75, 3.05) is 27.2 Å². The third kappa shape index (κ3) is 6.83. The van der Waals surface area contributed by atoms with Crippen LogP contribution in [0.5, 0.6) is 0 Å². The highest BCUT2D eigenvalue weighted by Crippen LogP contribution is 2.16. The van der Waals surface area contributed by atoms with Crippen LogP contribution < -0.4 is 5.32 Å². The van der Waals surface area contributed by atoms with Gasteiger partial charge in [-0.2, -0.15) is 0 Å². The van der Waals surface area contributed by atoms with E-state index in [1.165, 1.54) is 17.7 Å². The molecule has 0 radical (unpaired) electrons. The zero-order valence-electron chi connectivity index (χ0n) is 13.8. The smallest absolute Gasteiger partial charge is 0.122 e. The number of nitrogens with one attached hydrogen (secondary N) is 1. The van der Waals surface area contributed by atoms with Crippen LogP contribution in [0.15, 0.2) is 72.2 Å². The quantitative estimate of drug-likeness (QED) is 0.683. The summed E-state index contributed by atoms with van der Waals surface area (Å²) in [5.74, 6) is -0.196. The van der Waals surface area contributed by atoms with Crippen LogP contribution in [0.1, 0.15) is 13.3 Å². The van der Waals surface area contributed by atoms with Gasteiger partial charge in [-0.05, 0) is 50.7 Å². The highest BCUT2D eigenvalue weighted by atomic mass is 19.1. The summed E-state index contributed by atoms with van der Waals surface area (Å²) < 4.78 is 13.3. The molecule has 0 bridgehead atoms. The molecule has 0 heterocycles. The average Bonchev–Trinajstić information content (AvgIpc) is 2.70. The molecular weight excluding hydrogens is 275 g/mol. The van der Waals surface area contributed by atoms with Gasteiger partial charge in [0.15, 0.2) is 0 Å². The third-order valence-corrected chi connectivity index (χ3v) is 3.40. The van der Waals surface area contributed by atoms with Gasteiger partial charge in [0, 0.05) is 19.1 Å². The lowest BCUT2D eigenvalue weighted by Gasteiger charge is -2.25. The lowest BCUT2D eigenvalue weighted by atomic mass is 10.0. The summed E-state index contributed by atoms with van der Waals surface area (Å²) in [6.07, 6.45) is 15.5. The molecule has 3 heteroatoms. The van der Waals surface area contributed by atoms with E-state index in [0.29, 0.717) is 0 Å². The maximum absolute atomic E-state index is 13.3. The van der Waals surface area contributed by atoms with Crippen molar-refractivity contribution in [2.45, 2.75) is 19.4 Å². The molecule has 0 aliphatic heterocycles. The van der Waals surface area contributed by atoms with Crippen molar-refractivity contribution in [1.29, 1.82) is 0 Å². The fraction of sp³-hybridized carbons (Fsp3) is 0.368. The highest BCUT2D eigenvalue weighted by Gasteiger charge is 2.15. The molecule has 1 rings (SSSR count). The van der Waals surface area contributed by atoms with E-state index in [1.807, 2.05) is 57.5 Å². The third-order valence-electron chi connectivity index (χ3n) is 3.40. The second-order valence-corrected chi connectivity index (χ2v) is 5.57. The normalized spacial score (nSPS) is 17.4. The zero-order valence-corrected chi connectivity index (χ0v) is 13.8. The minimum absolute atomic E-state index is 0.177. The fourth-order valence-corrected chi connectivity index (χ4v) is 2.21. The summed E-state index contributed by atoms with van der Waals surface area (Å²) >= 11 is 0. The van der Waals surface area contributed by atoms with E-state index >= 15 is 0 Å². The lowest BCUT2D eigenvalue weighted by Crippen LogP contribution is -2.40. The Kier molecular flexibility index (Phi) is 8.41. The first-order chi connectivity index (χ1) is 10.6. The van der Waals surface area contributed by atoms with Crippen molar-refractivity contribution >= 4 is 0 Å². The number of nitrogens with zero attached hydrogens (tertiary/aromatic N) is 1. The number of rotatable bonds is 8. The molecule has 0 aromatic carbocycles. The Hall–Kier alpha value is -1.71. The molecule has 0 fully saturated rings. The fourth-order valence-electron chi connectivity index (χ4n) is 2.21. The minimum Gasteiger partial charge on any atom is -0.308 e. The summed E-state index contributed by atoms with van der Waals surface area (Å²) in [4.78, 5) is 2.14. The first-order valence-corrected chi connectivity index (χ1v) is 7.62. The average molecular weight is 302 g/mol. The summed E-state index contributed by atoms with van der Waals surface area (Å²) in [6.45, 7) is 7.44. The number of hydrogen-bond donors (Lipinski definition) is 1. The Morgan fingerprint density at radius 2 is 2.23 bits per heavy atom. The maximum atomic E-state index is 13.3. The van der Waals surface area contributed by atoms with Crippen molar-refractivity contribution < 1.29 is 4.39 Å². The van der Waals surface area contributed by atoms with Crippen LogP contribution in [0.2, 0.25) is 0 Å². The Labute approximate surface area is 134 Å². The SMILES string of the molecule is C=C/C(=C\C=C/C)CNC(CN(C)C)C1=CC=C(F)C=CC1. The zero-order chi connectivity index (χ0) is 16.4. The Bertz CT molecular complexity index is 508. The van der Waals surface area contributed by atoms with Crippen LogP contribution >= 0.6 is 0 Å². The molecule has 0 amide bonds. The van der Waals surface area contributed by atoms with Crippen molar-refractivity contribution in [3.8, 4) is 0 Å². The van der Waals surface area contributed by atoms with Gasteiger partial charge in [0.1, 0.15) is 5.83 Å². The molecular formula is C19H27FN2. The van der Waals surface area contributed by atoms with E-state index in [2.05, 4.69) is 16.8 Å². The van der Waals surface area contributed by atoms with Crippen LogP contribution in [0.3, 0.4) is 0 Å². The summed E-state index contributed by atoms with van der Waals surface area (Å²) in [7, 11) is 4.09. The van der Waals surface area contributed by atoms with Crippen molar-refractivity contribution in [1.82, 2.24) is 10.2 Å². The molecule has 1 aliphatic rings. The monoisotopic (exact) mass is 302 g/mol. The molecule has 1 atom stereocenters. The van der Waals surface area contributed by atoms with Gasteiger partial charge in [-0.1, -0.05) is 43.0 Å². The second kappa shape index (κ2) is 10.1. The van der Waals surface area contributed by atoms with E-state index < -0.39 is 0 Å². The van der Waals surface area contributed by atoms with E-state index in [-0.39, 0.29) is 11.9 Å². The summed E-state index contributed by atoms with van der Waals surface area (Å²) in [5.41, 5.74) is 2.32. The maximum Gasteiger partial charge on any atom is 0.122 e. The molecule has 0 spiro atoms. The van der Waals surface area contributed by atoms with Gasteiger partial charge in [0.2, 0.25) is 0 Å². The van der Waals surface area contributed by atoms with Gasteiger partial charge >= 0.3 is 0 Å². The standard InChI is InChI=1S/C19H27FN2/c1-5-7-9-16(6-2)14-21-19(15-22(3)4)17-10-8-11-18(20)13-12-17/h5-9,11-13,19,21H,2,10,14-15H2,1,3-4H3/b7-5-,16-9+. The second-order valence-electron chi connectivity index (χ2n) is 5.57. The van der Waals surface area contributed by atoms with E-state index in [9.17, 15) is 4.39 Å². The molecule has 0 aromatic rings. The van der Waals surface area contributed by atoms with Gasteiger partial charge in [0.05, 0.1) is 0 Å². The Morgan fingerprint density at radius 1 is 1.45 bits per heavy atom. The number of halogens is 1. The first kappa shape index (κ1) is 18.3. The number of allylic oxidation sites excluding steroid dienone is 8. The minimum atomic E-state index is -0.196. The van der Waals surface area contributed by atoms with Crippen LogP contribution in [0.4, 0.5) is 4.39 Å². The molecule has 2 nitrogen and oxygen atoms in total. The van der Waals surface area contributed by atoms with Gasteiger partial charge in [-0.3, -0.25) is 0 Å². The molecule has 1 unspecified atom stereocenters. The molecule has 0 saturated carbocycles. The molecule has 22 heavy (non-hydrogen) atoms. The highest BCUT2D eigenvalue weighted by molar-refractivity contribution is 5.31.